The van der Waals surface area contributed by atoms with Crippen molar-refractivity contribution in [3.05, 3.63) is 0 Å². The summed E-state index contributed by atoms with van der Waals surface area (Å²) in [5.74, 6) is 0. The molecule has 0 bridgehead atoms. The van der Waals surface area contributed by atoms with Gasteiger partial charge in [0.15, 0.2) is 6.29 Å². The summed E-state index contributed by atoms with van der Waals surface area (Å²) in [4.78, 5) is 0. The molecule has 4 heteroatoms. The lowest BCUT2D eigenvalue weighted by Gasteiger charge is -2.11. The molecule has 0 radical (unpaired) electrons. The molecule has 0 saturated carbocycles. The van der Waals surface area contributed by atoms with Crippen molar-refractivity contribution in [2.45, 2.75) is 89.9 Å². The molecular weight excluding hydrogens is 280 g/mol. The first-order valence-corrected chi connectivity index (χ1v) is 9.32. The molecule has 4 nitrogen and oxygen atoms in total. The normalized spacial score (nSPS) is 21.5. The smallest absolute Gasteiger partial charge is 0.158 e. The maximum Gasteiger partial charge on any atom is 0.158 e. The molecule has 0 spiro atoms. The highest BCUT2D eigenvalue weighted by Crippen LogP contribution is 2.18. The van der Waals surface area contributed by atoms with Crippen LogP contribution in [-0.2, 0) is 14.2 Å². The minimum Gasteiger partial charge on any atom is -0.396 e. The van der Waals surface area contributed by atoms with Gasteiger partial charge in [-0.15, -0.1) is 0 Å². The molecule has 1 heterocycles. The van der Waals surface area contributed by atoms with Gasteiger partial charge in [-0.2, -0.15) is 0 Å². The SMILES string of the molecule is CCCCCCCCCCCC1OCC(COCCCO)O1. The van der Waals surface area contributed by atoms with Crippen LogP contribution in [0.25, 0.3) is 0 Å². The summed E-state index contributed by atoms with van der Waals surface area (Å²) in [6.45, 7) is 4.26. The molecule has 2 unspecified atom stereocenters. The average Bonchev–Trinajstić information content (AvgIpc) is 2.98. The van der Waals surface area contributed by atoms with E-state index in [1.54, 1.807) is 0 Å². The second-order valence-corrected chi connectivity index (χ2v) is 6.29. The molecule has 1 aliphatic heterocycles. The van der Waals surface area contributed by atoms with Crippen molar-refractivity contribution in [1.82, 2.24) is 0 Å². The summed E-state index contributed by atoms with van der Waals surface area (Å²) >= 11 is 0. The predicted molar refractivity (Wildman–Crippen MR) is 89.0 cm³/mol. The van der Waals surface area contributed by atoms with Crippen molar-refractivity contribution in [2.75, 3.05) is 26.4 Å². The first-order chi connectivity index (χ1) is 10.9. The van der Waals surface area contributed by atoms with E-state index in [1.165, 1.54) is 57.8 Å². The first-order valence-electron chi connectivity index (χ1n) is 9.32. The van der Waals surface area contributed by atoms with Gasteiger partial charge < -0.3 is 19.3 Å². The van der Waals surface area contributed by atoms with Gasteiger partial charge in [0, 0.05) is 13.2 Å². The first kappa shape index (κ1) is 19.9. The maximum absolute atomic E-state index is 8.68. The lowest BCUT2D eigenvalue weighted by molar-refractivity contribution is -0.0763. The fourth-order valence-electron chi connectivity index (χ4n) is 2.75. The van der Waals surface area contributed by atoms with Crippen LogP contribution < -0.4 is 0 Å². The largest absolute Gasteiger partial charge is 0.396 e. The van der Waals surface area contributed by atoms with Gasteiger partial charge in [0.25, 0.3) is 0 Å². The van der Waals surface area contributed by atoms with Crippen molar-refractivity contribution < 1.29 is 19.3 Å². The molecule has 1 aliphatic rings. The summed E-state index contributed by atoms with van der Waals surface area (Å²) in [7, 11) is 0. The molecule has 0 amide bonds. The molecule has 1 saturated heterocycles. The highest BCUT2D eigenvalue weighted by molar-refractivity contribution is 4.65. The Hall–Kier alpha value is -0.160. The molecule has 132 valence electrons. The van der Waals surface area contributed by atoms with Gasteiger partial charge in [0.1, 0.15) is 6.10 Å². The van der Waals surface area contributed by atoms with Crippen molar-refractivity contribution >= 4 is 0 Å². The Morgan fingerprint density at radius 3 is 2.32 bits per heavy atom. The lowest BCUT2D eigenvalue weighted by atomic mass is 10.1. The Morgan fingerprint density at radius 1 is 0.955 bits per heavy atom. The van der Waals surface area contributed by atoms with Crippen LogP contribution in [0.3, 0.4) is 0 Å². The van der Waals surface area contributed by atoms with E-state index in [9.17, 15) is 0 Å². The third-order valence-electron chi connectivity index (χ3n) is 4.11. The number of hydrogen-bond acceptors (Lipinski definition) is 4. The number of unbranched alkanes of at least 4 members (excludes halogenated alkanes) is 8. The summed E-state index contributed by atoms with van der Waals surface area (Å²) < 4.78 is 16.9. The maximum atomic E-state index is 8.68. The van der Waals surface area contributed by atoms with Crippen LogP contribution in [0.1, 0.15) is 77.6 Å². The highest BCUT2D eigenvalue weighted by atomic mass is 16.7. The summed E-state index contributed by atoms with van der Waals surface area (Å²) in [5.41, 5.74) is 0. The van der Waals surface area contributed by atoms with E-state index in [1.807, 2.05) is 0 Å². The van der Waals surface area contributed by atoms with Crippen LogP contribution in [0.4, 0.5) is 0 Å². The van der Waals surface area contributed by atoms with Crippen LogP contribution in [0.5, 0.6) is 0 Å². The van der Waals surface area contributed by atoms with E-state index in [0.29, 0.717) is 26.2 Å². The van der Waals surface area contributed by atoms with Crippen LogP contribution in [0.15, 0.2) is 0 Å². The molecule has 1 N–H and O–H groups in total. The van der Waals surface area contributed by atoms with Crippen molar-refractivity contribution in [1.29, 1.82) is 0 Å². The summed E-state index contributed by atoms with van der Waals surface area (Å²) in [6.07, 6.45) is 13.8. The Kier molecular flexibility index (Phi) is 13.0. The lowest BCUT2D eigenvalue weighted by Crippen LogP contribution is -2.19. The third-order valence-corrected chi connectivity index (χ3v) is 4.11. The van der Waals surface area contributed by atoms with E-state index >= 15 is 0 Å². The van der Waals surface area contributed by atoms with Gasteiger partial charge >= 0.3 is 0 Å². The average molecular weight is 316 g/mol. The zero-order valence-electron chi connectivity index (χ0n) is 14.4. The molecule has 2 atom stereocenters. The molecule has 0 aromatic heterocycles. The van der Waals surface area contributed by atoms with E-state index in [2.05, 4.69) is 6.92 Å². The predicted octanol–water partition coefficient (Wildman–Crippen LogP) is 4.05. The fraction of sp³-hybridized carbons (Fsp3) is 1.00. The van der Waals surface area contributed by atoms with Crippen molar-refractivity contribution in [3.63, 3.8) is 0 Å². The van der Waals surface area contributed by atoms with Crippen LogP contribution in [0.2, 0.25) is 0 Å². The van der Waals surface area contributed by atoms with Crippen LogP contribution in [-0.4, -0.2) is 43.9 Å². The van der Waals surface area contributed by atoms with Gasteiger partial charge in [0.05, 0.1) is 13.2 Å². The Balaban J connectivity index is 1.84. The number of hydrogen-bond donors (Lipinski definition) is 1. The zero-order chi connectivity index (χ0) is 15.9. The molecule has 22 heavy (non-hydrogen) atoms. The van der Waals surface area contributed by atoms with Gasteiger partial charge in [-0.1, -0.05) is 58.3 Å². The fourth-order valence-corrected chi connectivity index (χ4v) is 2.75. The third kappa shape index (κ3) is 10.5. The molecule has 0 aliphatic carbocycles. The molecule has 0 aromatic rings. The number of rotatable bonds is 15. The number of aliphatic hydroxyl groups excluding tert-OH is 1. The second kappa shape index (κ2) is 14.4. The minimum absolute atomic E-state index is 0.0315. The number of ether oxygens (including phenoxy) is 3. The van der Waals surface area contributed by atoms with Gasteiger partial charge in [-0.3, -0.25) is 0 Å². The summed E-state index contributed by atoms with van der Waals surface area (Å²) in [5, 5.41) is 8.68. The molecule has 1 rings (SSSR count). The van der Waals surface area contributed by atoms with Crippen molar-refractivity contribution in [3.8, 4) is 0 Å². The van der Waals surface area contributed by atoms with E-state index in [0.717, 1.165) is 6.42 Å². The summed E-state index contributed by atoms with van der Waals surface area (Å²) in [6, 6.07) is 0. The van der Waals surface area contributed by atoms with E-state index in [4.69, 9.17) is 19.3 Å². The Morgan fingerprint density at radius 2 is 1.64 bits per heavy atom. The van der Waals surface area contributed by atoms with Crippen LogP contribution >= 0.6 is 0 Å². The monoisotopic (exact) mass is 316 g/mol. The number of aliphatic hydroxyl groups is 1. The standard InChI is InChI=1S/C18H36O4/c1-2-3-4-5-6-7-8-9-10-12-18-21-16-17(22-18)15-20-14-11-13-19/h17-19H,2-16H2,1H3. The quantitative estimate of drug-likeness (QED) is 0.463. The van der Waals surface area contributed by atoms with Gasteiger partial charge in [-0.25, -0.2) is 0 Å². The van der Waals surface area contributed by atoms with Crippen molar-refractivity contribution in [2.24, 2.45) is 0 Å². The Bertz CT molecular complexity index is 235. The molecular formula is C18H36O4. The second-order valence-electron chi connectivity index (χ2n) is 6.29. The van der Waals surface area contributed by atoms with Gasteiger partial charge in [0.2, 0.25) is 0 Å². The molecule has 1 fully saturated rings. The molecule has 0 aromatic carbocycles. The van der Waals surface area contributed by atoms with Gasteiger partial charge in [-0.05, 0) is 19.3 Å². The highest BCUT2D eigenvalue weighted by Gasteiger charge is 2.25. The van der Waals surface area contributed by atoms with E-state index in [-0.39, 0.29) is 19.0 Å². The topological polar surface area (TPSA) is 47.9 Å². The zero-order valence-corrected chi connectivity index (χ0v) is 14.4. The van der Waals surface area contributed by atoms with Crippen LogP contribution in [0, 0.1) is 0 Å². The Labute approximate surface area is 136 Å². The minimum atomic E-state index is -0.0315. The van der Waals surface area contributed by atoms with E-state index < -0.39 is 0 Å².